The van der Waals surface area contributed by atoms with E-state index in [-0.39, 0.29) is 0 Å². The highest BCUT2D eigenvalue weighted by Gasteiger charge is 2.34. The summed E-state index contributed by atoms with van der Waals surface area (Å²) in [4.78, 5) is 0. The van der Waals surface area contributed by atoms with Crippen LogP contribution < -0.4 is 5.32 Å². The second kappa shape index (κ2) is 11.4. The first-order valence-corrected chi connectivity index (χ1v) is 8.95. The van der Waals surface area contributed by atoms with Gasteiger partial charge in [0.1, 0.15) is 0 Å². The Bertz CT molecular complexity index is 237. The van der Waals surface area contributed by atoms with Crippen molar-refractivity contribution in [2.24, 2.45) is 11.3 Å². The van der Waals surface area contributed by atoms with Gasteiger partial charge in [0.25, 0.3) is 0 Å². The van der Waals surface area contributed by atoms with Crippen LogP contribution in [0.15, 0.2) is 0 Å². The Kier molecular flexibility index (Phi) is 10.3. The molecule has 1 N–H and O–H groups in total. The molecule has 0 aromatic carbocycles. The highest BCUT2D eigenvalue weighted by Crippen LogP contribution is 2.43. The number of ether oxygens (including phenoxy) is 2. The van der Waals surface area contributed by atoms with E-state index >= 15 is 0 Å². The number of nitrogens with one attached hydrogen (secondary N) is 1. The summed E-state index contributed by atoms with van der Waals surface area (Å²) < 4.78 is 10.4. The van der Waals surface area contributed by atoms with Crippen molar-refractivity contribution in [3.05, 3.63) is 0 Å². The Labute approximate surface area is 132 Å². The highest BCUT2D eigenvalue weighted by atomic mass is 16.5. The van der Waals surface area contributed by atoms with Gasteiger partial charge in [-0.2, -0.15) is 0 Å². The molecule has 0 unspecified atom stereocenters. The predicted octanol–water partition coefficient (Wildman–Crippen LogP) is 4.02. The Hall–Kier alpha value is -0.120. The molecule has 0 heterocycles. The second-order valence-corrected chi connectivity index (χ2v) is 6.85. The van der Waals surface area contributed by atoms with Crippen LogP contribution in [-0.2, 0) is 9.47 Å². The lowest BCUT2D eigenvalue weighted by atomic mass is 9.67. The fraction of sp³-hybridized carbons (Fsp3) is 1.00. The van der Waals surface area contributed by atoms with Crippen molar-refractivity contribution >= 4 is 0 Å². The van der Waals surface area contributed by atoms with Crippen LogP contribution in [0.3, 0.4) is 0 Å². The Morgan fingerprint density at radius 3 is 2.38 bits per heavy atom. The highest BCUT2D eigenvalue weighted by molar-refractivity contribution is 4.87. The predicted molar refractivity (Wildman–Crippen MR) is 89.8 cm³/mol. The van der Waals surface area contributed by atoms with Crippen LogP contribution in [-0.4, -0.2) is 40.5 Å². The zero-order valence-corrected chi connectivity index (χ0v) is 14.6. The van der Waals surface area contributed by atoms with Crippen molar-refractivity contribution in [2.45, 2.75) is 64.7 Å². The molecule has 1 saturated carbocycles. The molecule has 0 aromatic rings. The zero-order chi connectivity index (χ0) is 15.4. The van der Waals surface area contributed by atoms with E-state index in [9.17, 15) is 0 Å². The van der Waals surface area contributed by atoms with E-state index in [0.717, 1.165) is 32.2 Å². The maximum Gasteiger partial charge on any atom is 0.0587 e. The van der Waals surface area contributed by atoms with Crippen LogP contribution in [0.1, 0.15) is 64.7 Å². The lowest BCUT2D eigenvalue weighted by Gasteiger charge is -2.41. The van der Waals surface area contributed by atoms with Crippen molar-refractivity contribution in [2.75, 3.05) is 40.5 Å². The van der Waals surface area contributed by atoms with Crippen LogP contribution in [0.2, 0.25) is 0 Å². The summed E-state index contributed by atoms with van der Waals surface area (Å²) in [6.07, 6.45) is 12.3. The maximum absolute atomic E-state index is 5.25. The van der Waals surface area contributed by atoms with Gasteiger partial charge in [0, 0.05) is 33.9 Å². The molecule has 3 nitrogen and oxygen atoms in total. The summed E-state index contributed by atoms with van der Waals surface area (Å²) in [6.45, 7) is 6.15. The largest absolute Gasteiger partial charge is 0.385 e. The number of hydrogen-bond donors (Lipinski definition) is 1. The van der Waals surface area contributed by atoms with Crippen LogP contribution in [0.5, 0.6) is 0 Å². The molecule has 0 bridgehead atoms. The van der Waals surface area contributed by atoms with E-state index in [0.29, 0.717) is 5.41 Å². The van der Waals surface area contributed by atoms with E-state index in [1.54, 1.807) is 7.11 Å². The van der Waals surface area contributed by atoms with E-state index in [2.05, 4.69) is 12.2 Å². The van der Waals surface area contributed by atoms with Gasteiger partial charge in [0.15, 0.2) is 0 Å². The Morgan fingerprint density at radius 2 is 1.76 bits per heavy atom. The topological polar surface area (TPSA) is 30.5 Å². The van der Waals surface area contributed by atoms with Crippen LogP contribution in [0, 0.1) is 11.3 Å². The molecular formula is C18H37NO2. The first-order valence-electron chi connectivity index (χ1n) is 8.95. The van der Waals surface area contributed by atoms with E-state index in [4.69, 9.17) is 9.47 Å². The molecule has 1 aliphatic rings. The van der Waals surface area contributed by atoms with Gasteiger partial charge in [-0.05, 0) is 49.9 Å². The van der Waals surface area contributed by atoms with E-state index in [1.807, 2.05) is 7.11 Å². The molecule has 0 aliphatic heterocycles. The normalized spacial score (nSPS) is 26.1. The third kappa shape index (κ3) is 7.62. The van der Waals surface area contributed by atoms with E-state index in [1.165, 1.54) is 57.8 Å². The molecule has 0 atom stereocenters. The summed E-state index contributed by atoms with van der Waals surface area (Å²) in [7, 11) is 3.58. The molecule has 0 spiro atoms. The summed E-state index contributed by atoms with van der Waals surface area (Å²) in [5.74, 6) is 0.986. The monoisotopic (exact) mass is 299 g/mol. The fourth-order valence-electron chi connectivity index (χ4n) is 3.71. The van der Waals surface area contributed by atoms with Crippen molar-refractivity contribution in [3.63, 3.8) is 0 Å². The molecule has 0 radical (unpaired) electrons. The average Bonchev–Trinajstić information content (AvgIpc) is 2.51. The smallest absolute Gasteiger partial charge is 0.0587 e. The van der Waals surface area contributed by atoms with Crippen molar-refractivity contribution < 1.29 is 9.47 Å². The molecule has 1 rings (SSSR count). The minimum Gasteiger partial charge on any atom is -0.385 e. The van der Waals surface area contributed by atoms with Crippen LogP contribution >= 0.6 is 0 Å². The summed E-state index contributed by atoms with van der Waals surface area (Å²) in [5, 5.41) is 3.62. The second-order valence-electron chi connectivity index (χ2n) is 6.85. The number of hydrogen-bond acceptors (Lipinski definition) is 3. The van der Waals surface area contributed by atoms with Gasteiger partial charge in [0.2, 0.25) is 0 Å². The lowest BCUT2D eigenvalue weighted by molar-refractivity contribution is 0.103. The molecule has 0 saturated heterocycles. The molecule has 1 fully saturated rings. The molecule has 3 heteroatoms. The first-order chi connectivity index (χ1) is 10.3. The quantitative estimate of drug-likeness (QED) is 0.552. The van der Waals surface area contributed by atoms with Crippen molar-refractivity contribution in [3.8, 4) is 0 Å². The summed E-state index contributed by atoms with van der Waals surface area (Å²) in [6, 6.07) is 0. The minimum atomic E-state index is 0.509. The van der Waals surface area contributed by atoms with Gasteiger partial charge in [0.05, 0.1) is 6.61 Å². The number of rotatable bonds is 12. The molecule has 1 aliphatic carbocycles. The number of unbranched alkanes of at least 4 members (excludes halogenated alkanes) is 1. The SMILES string of the molecule is CCCCC1CCC(CCCOC)(CNCCOC)CC1. The van der Waals surface area contributed by atoms with Crippen molar-refractivity contribution in [1.29, 1.82) is 0 Å². The Balaban J connectivity index is 2.38. The molecule has 21 heavy (non-hydrogen) atoms. The zero-order valence-electron chi connectivity index (χ0n) is 14.6. The van der Waals surface area contributed by atoms with Gasteiger partial charge in [-0.3, -0.25) is 0 Å². The lowest BCUT2D eigenvalue weighted by Crippen LogP contribution is -2.39. The van der Waals surface area contributed by atoms with Gasteiger partial charge in [-0.25, -0.2) is 0 Å². The molecular weight excluding hydrogens is 262 g/mol. The summed E-state index contributed by atoms with van der Waals surface area (Å²) >= 11 is 0. The molecule has 126 valence electrons. The van der Waals surface area contributed by atoms with Crippen LogP contribution in [0.4, 0.5) is 0 Å². The van der Waals surface area contributed by atoms with Crippen molar-refractivity contribution in [1.82, 2.24) is 5.32 Å². The fourth-order valence-corrected chi connectivity index (χ4v) is 3.71. The number of methoxy groups -OCH3 is 2. The van der Waals surface area contributed by atoms with E-state index < -0.39 is 0 Å². The maximum atomic E-state index is 5.25. The Morgan fingerprint density at radius 1 is 1.05 bits per heavy atom. The van der Waals surface area contributed by atoms with Gasteiger partial charge >= 0.3 is 0 Å². The van der Waals surface area contributed by atoms with Gasteiger partial charge < -0.3 is 14.8 Å². The van der Waals surface area contributed by atoms with Crippen LogP contribution in [0.25, 0.3) is 0 Å². The van der Waals surface area contributed by atoms with Gasteiger partial charge in [-0.15, -0.1) is 0 Å². The third-order valence-corrected chi connectivity index (χ3v) is 5.17. The first kappa shape index (κ1) is 18.9. The minimum absolute atomic E-state index is 0.509. The summed E-state index contributed by atoms with van der Waals surface area (Å²) in [5.41, 5.74) is 0.509. The molecule has 0 aromatic heterocycles. The third-order valence-electron chi connectivity index (χ3n) is 5.17. The van der Waals surface area contributed by atoms with Gasteiger partial charge in [-0.1, -0.05) is 26.2 Å². The standard InChI is InChI=1S/C18H37NO2/c1-4-5-7-17-8-11-18(12-9-17,10-6-14-20-2)16-19-13-15-21-3/h17,19H,4-16H2,1-3H3. The average molecular weight is 299 g/mol. The molecule has 0 amide bonds.